The Balaban J connectivity index is 0.00000112. The van der Waals surface area contributed by atoms with E-state index in [1.54, 1.807) is 12.3 Å². The second kappa shape index (κ2) is 4.14. The fraction of sp³-hybridized carbons (Fsp3) is 0.125. The van der Waals surface area contributed by atoms with Crippen LogP contribution in [0, 0.1) is 0 Å². The van der Waals surface area contributed by atoms with Crippen LogP contribution in [0.3, 0.4) is 0 Å². The fourth-order valence-corrected chi connectivity index (χ4v) is 1.15. The maximum atomic E-state index is 11.2. The number of esters is 1. The van der Waals surface area contributed by atoms with E-state index in [1.165, 1.54) is 17.7 Å². The normalized spacial score (nSPS) is 9.67. The van der Waals surface area contributed by atoms with Crippen molar-refractivity contribution in [3.63, 3.8) is 0 Å². The van der Waals surface area contributed by atoms with Gasteiger partial charge in [-0.05, 0) is 0 Å². The summed E-state index contributed by atoms with van der Waals surface area (Å²) in [6, 6.07) is 3.08. The zero-order valence-corrected chi connectivity index (χ0v) is 8.69. The molecule has 2 N–H and O–H groups in total. The highest BCUT2D eigenvalue weighted by atomic mass is 35.5. The van der Waals surface area contributed by atoms with Crippen molar-refractivity contribution >= 4 is 29.8 Å². The Bertz CT molecular complexity index is 496. The molecule has 0 aliphatic carbocycles. The summed E-state index contributed by atoms with van der Waals surface area (Å²) < 4.78 is 5.97. The number of rotatable bonds is 1. The molecule has 0 radical (unpaired) electrons. The smallest absolute Gasteiger partial charge is 0.356 e. The van der Waals surface area contributed by atoms with Crippen molar-refractivity contribution in [3.05, 3.63) is 24.0 Å². The Labute approximate surface area is 91.5 Å². The van der Waals surface area contributed by atoms with Crippen molar-refractivity contribution in [3.8, 4) is 0 Å². The van der Waals surface area contributed by atoms with Crippen LogP contribution < -0.4 is 5.73 Å². The molecule has 6 nitrogen and oxygen atoms in total. The maximum absolute atomic E-state index is 11.2. The molecule has 0 unspecified atom stereocenters. The highest BCUT2D eigenvalue weighted by Crippen LogP contribution is 2.09. The Kier molecular flexibility index (Phi) is 3.11. The zero-order chi connectivity index (χ0) is 10.1. The number of carbonyl (C=O) groups is 1. The lowest BCUT2D eigenvalue weighted by atomic mass is 10.4. The largest absolute Gasteiger partial charge is 0.464 e. The lowest BCUT2D eigenvalue weighted by Gasteiger charge is -2.01. The molecule has 2 aromatic rings. The highest BCUT2D eigenvalue weighted by molar-refractivity contribution is 5.88. The number of halogens is 1. The number of nitrogens with zero attached hydrogens (tertiary/aromatic N) is 3. The summed E-state index contributed by atoms with van der Waals surface area (Å²) in [7, 11) is 1.29. The number of aromatic nitrogens is 3. The van der Waals surface area contributed by atoms with Crippen molar-refractivity contribution in [2.75, 3.05) is 12.8 Å². The van der Waals surface area contributed by atoms with Gasteiger partial charge in [0.15, 0.2) is 11.3 Å². The first kappa shape index (κ1) is 11.3. The number of nitrogen functional groups attached to an aromatic ring is 1. The van der Waals surface area contributed by atoms with Gasteiger partial charge in [-0.3, -0.25) is 0 Å². The second-order valence-corrected chi connectivity index (χ2v) is 2.66. The molecule has 15 heavy (non-hydrogen) atoms. The number of methoxy groups -OCH3 is 1. The van der Waals surface area contributed by atoms with Crippen LogP contribution in [0.4, 0.5) is 5.82 Å². The molecular weight excluding hydrogens is 220 g/mol. The Hall–Kier alpha value is -1.82. The summed E-state index contributed by atoms with van der Waals surface area (Å²) in [6.07, 6.45) is 1.56. The second-order valence-electron chi connectivity index (χ2n) is 2.66. The predicted octanol–water partition coefficient (Wildman–Crippen LogP) is 0.520. The highest BCUT2D eigenvalue weighted by Gasteiger charge is 2.10. The van der Waals surface area contributed by atoms with Crippen LogP contribution in [0.25, 0.3) is 5.65 Å². The average Bonchev–Trinajstić information content (AvgIpc) is 2.64. The SMILES string of the molecule is COC(=O)c1cc(N)n2nccc2n1.Cl. The topological polar surface area (TPSA) is 82.5 Å². The van der Waals surface area contributed by atoms with E-state index in [9.17, 15) is 4.79 Å². The maximum Gasteiger partial charge on any atom is 0.356 e. The molecule has 2 aromatic heterocycles. The van der Waals surface area contributed by atoms with Crippen LogP contribution >= 0.6 is 12.4 Å². The molecule has 80 valence electrons. The van der Waals surface area contributed by atoms with Gasteiger partial charge in [-0.1, -0.05) is 0 Å². The van der Waals surface area contributed by atoms with E-state index in [2.05, 4.69) is 14.8 Å². The molecule has 0 aliphatic heterocycles. The summed E-state index contributed by atoms with van der Waals surface area (Å²) in [5.41, 5.74) is 6.34. The minimum Gasteiger partial charge on any atom is -0.464 e. The first-order valence-electron chi connectivity index (χ1n) is 3.91. The predicted molar refractivity (Wildman–Crippen MR) is 56.0 cm³/mol. The van der Waals surface area contributed by atoms with Gasteiger partial charge >= 0.3 is 5.97 Å². The molecule has 0 spiro atoms. The molecule has 0 fully saturated rings. The fourth-order valence-electron chi connectivity index (χ4n) is 1.15. The van der Waals surface area contributed by atoms with Crippen molar-refractivity contribution in [1.29, 1.82) is 0 Å². The van der Waals surface area contributed by atoms with E-state index < -0.39 is 5.97 Å². The monoisotopic (exact) mass is 228 g/mol. The van der Waals surface area contributed by atoms with Crippen LogP contribution in [0.2, 0.25) is 0 Å². The van der Waals surface area contributed by atoms with E-state index in [4.69, 9.17) is 5.73 Å². The molecule has 0 amide bonds. The third kappa shape index (κ3) is 1.84. The van der Waals surface area contributed by atoms with Crippen LogP contribution in [0.5, 0.6) is 0 Å². The number of ether oxygens (including phenoxy) is 1. The Morgan fingerprint density at radius 1 is 1.60 bits per heavy atom. The van der Waals surface area contributed by atoms with Gasteiger partial charge in [0.1, 0.15) is 5.82 Å². The van der Waals surface area contributed by atoms with Crippen molar-refractivity contribution in [2.24, 2.45) is 0 Å². The molecule has 0 atom stereocenters. The Morgan fingerprint density at radius 2 is 2.33 bits per heavy atom. The van der Waals surface area contributed by atoms with Gasteiger partial charge in [0, 0.05) is 12.1 Å². The third-order valence-corrected chi connectivity index (χ3v) is 1.78. The van der Waals surface area contributed by atoms with Crippen LogP contribution in [-0.2, 0) is 4.74 Å². The molecule has 0 saturated heterocycles. The molecule has 0 aromatic carbocycles. The minimum absolute atomic E-state index is 0. The van der Waals surface area contributed by atoms with Gasteiger partial charge in [-0.15, -0.1) is 12.4 Å². The number of nitrogens with two attached hydrogens (primary N) is 1. The van der Waals surface area contributed by atoms with Gasteiger partial charge in [0.05, 0.1) is 13.3 Å². The van der Waals surface area contributed by atoms with E-state index in [0.29, 0.717) is 11.5 Å². The molecule has 2 rings (SSSR count). The number of carbonyl (C=O) groups excluding carboxylic acids is 1. The zero-order valence-electron chi connectivity index (χ0n) is 7.88. The van der Waals surface area contributed by atoms with Gasteiger partial charge in [0.2, 0.25) is 0 Å². The lowest BCUT2D eigenvalue weighted by Crippen LogP contribution is -2.08. The Morgan fingerprint density at radius 3 is 3.00 bits per heavy atom. The quantitative estimate of drug-likeness (QED) is 0.720. The summed E-state index contributed by atoms with van der Waals surface area (Å²) in [6.45, 7) is 0. The molecule has 7 heteroatoms. The van der Waals surface area contributed by atoms with E-state index in [0.717, 1.165) is 0 Å². The summed E-state index contributed by atoms with van der Waals surface area (Å²) >= 11 is 0. The first-order valence-corrected chi connectivity index (χ1v) is 3.91. The average molecular weight is 229 g/mol. The van der Waals surface area contributed by atoms with Gasteiger partial charge in [-0.25, -0.2) is 9.78 Å². The standard InChI is InChI=1S/C8H8N4O2.ClH/c1-14-8(13)5-4-6(9)12-7(11-5)2-3-10-12;/h2-4H,9H2,1H3;1H. The van der Waals surface area contributed by atoms with Crippen molar-refractivity contribution in [2.45, 2.75) is 0 Å². The lowest BCUT2D eigenvalue weighted by molar-refractivity contribution is 0.0594. The number of hydrogen-bond acceptors (Lipinski definition) is 5. The van der Waals surface area contributed by atoms with E-state index in [-0.39, 0.29) is 18.1 Å². The molecule has 0 bridgehead atoms. The van der Waals surface area contributed by atoms with E-state index >= 15 is 0 Å². The molecule has 0 aliphatic rings. The van der Waals surface area contributed by atoms with Crippen molar-refractivity contribution < 1.29 is 9.53 Å². The molecule has 0 saturated carbocycles. The molecule has 2 heterocycles. The van der Waals surface area contributed by atoms with Crippen LogP contribution in [0.15, 0.2) is 18.3 Å². The van der Waals surface area contributed by atoms with Crippen LogP contribution in [-0.4, -0.2) is 27.7 Å². The number of fused-ring (bicyclic) bond motifs is 1. The first-order chi connectivity index (χ1) is 6.72. The minimum atomic E-state index is -0.514. The van der Waals surface area contributed by atoms with Gasteiger partial charge < -0.3 is 10.5 Å². The number of hydrogen-bond donors (Lipinski definition) is 1. The molecular formula is C8H9ClN4O2. The van der Waals surface area contributed by atoms with Crippen LogP contribution in [0.1, 0.15) is 10.5 Å². The summed E-state index contributed by atoms with van der Waals surface area (Å²) in [5, 5.41) is 3.92. The van der Waals surface area contributed by atoms with Crippen molar-refractivity contribution in [1.82, 2.24) is 14.6 Å². The third-order valence-electron chi connectivity index (χ3n) is 1.78. The number of anilines is 1. The van der Waals surface area contributed by atoms with Gasteiger partial charge in [-0.2, -0.15) is 9.61 Å². The van der Waals surface area contributed by atoms with Gasteiger partial charge in [0.25, 0.3) is 0 Å². The summed E-state index contributed by atoms with van der Waals surface area (Å²) in [4.78, 5) is 15.2. The summed E-state index contributed by atoms with van der Waals surface area (Å²) in [5.74, 6) is -0.166. The van der Waals surface area contributed by atoms with E-state index in [1.807, 2.05) is 0 Å².